The Bertz CT molecular complexity index is 1900. The molecule has 14 heteroatoms. The second-order valence-corrected chi connectivity index (χ2v) is 15.3. The first-order valence-corrected chi connectivity index (χ1v) is 18.7. The second-order valence-electron chi connectivity index (χ2n) is 15.3. The summed E-state index contributed by atoms with van der Waals surface area (Å²) in [7, 11) is 4.10. The van der Waals surface area contributed by atoms with Crippen LogP contribution in [0, 0.1) is 0 Å². The topological polar surface area (TPSA) is 149 Å². The molecule has 0 amide bonds. The summed E-state index contributed by atoms with van der Waals surface area (Å²) in [4.78, 5) is 57.5. The Morgan fingerprint density at radius 1 is 0.648 bits per heavy atom. The highest BCUT2D eigenvalue weighted by atomic mass is 16.7. The molecule has 14 nitrogen and oxygen atoms in total. The third-order valence-electron chi connectivity index (χ3n) is 12.3. The van der Waals surface area contributed by atoms with E-state index in [1.807, 2.05) is 38.4 Å². The number of fused-ring (bicyclic) bond motifs is 12. The summed E-state index contributed by atoms with van der Waals surface area (Å²) < 4.78 is 46.3. The number of likely N-dealkylation sites (tertiary alicyclic amines) is 2. The van der Waals surface area contributed by atoms with Crippen LogP contribution in [0.25, 0.3) is 0 Å². The van der Waals surface area contributed by atoms with Gasteiger partial charge in [0.15, 0.2) is 47.4 Å². The monoisotopic (exact) mass is 740 g/mol. The number of ether oxygens (including phenoxy) is 8. The van der Waals surface area contributed by atoms with Gasteiger partial charge in [-0.1, -0.05) is 11.1 Å². The Morgan fingerprint density at radius 2 is 1.06 bits per heavy atom. The average molecular weight is 741 g/mol. The van der Waals surface area contributed by atoms with Crippen molar-refractivity contribution in [1.29, 1.82) is 0 Å². The first kappa shape index (κ1) is 33.5. The fourth-order valence-electron chi connectivity index (χ4n) is 9.84. The van der Waals surface area contributed by atoms with E-state index in [9.17, 15) is 19.2 Å². The fourth-order valence-corrected chi connectivity index (χ4v) is 9.84. The van der Waals surface area contributed by atoms with Crippen LogP contribution in [0.4, 0.5) is 0 Å². The lowest BCUT2D eigenvalue weighted by Gasteiger charge is -2.44. The molecule has 2 saturated heterocycles. The van der Waals surface area contributed by atoms with Crippen molar-refractivity contribution in [3.8, 4) is 23.0 Å². The van der Waals surface area contributed by atoms with Gasteiger partial charge >= 0.3 is 23.9 Å². The van der Waals surface area contributed by atoms with Crippen LogP contribution in [0.2, 0.25) is 0 Å². The van der Waals surface area contributed by atoms with Gasteiger partial charge < -0.3 is 37.9 Å². The number of benzene rings is 2. The minimum Gasteiger partial charge on any atom is -0.454 e. The van der Waals surface area contributed by atoms with Crippen molar-refractivity contribution in [2.45, 2.75) is 86.9 Å². The van der Waals surface area contributed by atoms with Crippen molar-refractivity contribution in [3.63, 3.8) is 0 Å². The van der Waals surface area contributed by atoms with Crippen molar-refractivity contribution in [2.24, 2.45) is 0 Å². The summed E-state index contributed by atoms with van der Waals surface area (Å²) in [6, 6.07) is 7.08. The molecule has 8 aliphatic rings. The summed E-state index contributed by atoms with van der Waals surface area (Å²) in [6.45, 7) is 1.85. The molecule has 0 N–H and O–H groups in total. The van der Waals surface area contributed by atoms with Crippen LogP contribution in [0.15, 0.2) is 47.6 Å². The molecule has 0 aromatic heterocycles. The Balaban J connectivity index is 0.788. The number of carbonyl (C=O) groups excluding carboxylic acids is 4. The van der Waals surface area contributed by atoms with Crippen molar-refractivity contribution in [3.05, 3.63) is 69.8 Å². The maximum Gasteiger partial charge on any atom is 0.339 e. The summed E-state index contributed by atoms with van der Waals surface area (Å²) >= 11 is 0. The number of carbonyl (C=O) groups is 4. The molecule has 8 atom stereocenters. The highest BCUT2D eigenvalue weighted by Gasteiger charge is 2.54. The Kier molecular flexibility index (Phi) is 7.91. The van der Waals surface area contributed by atoms with Crippen LogP contribution >= 0.6 is 0 Å². The molecule has 6 aliphatic heterocycles. The third kappa shape index (κ3) is 5.36. The van der Waals surface area contributed by atoms with E-state index in [0.717, 1.165) is 48.2 Å². The predicted octanol–water partition coefficient (Wildman–Crippen LogP) is 3.76. The molecule has 2 aromatic rings. The zero-order valence-corrected chi connectivity index (χ0v) is 29.9. The number of hydrogen-bond donors (Lipinski definition) is 0. The molecule has 54 heavy (non-hydrogen) atoms. The van der Waals surface area contributed by atoms with Crippen LogP contribution < -0.4 is 18.9 Å². The lowest BCUT2D eigenvalue weighted by atomic mass is 9.73. The van der Waals surface area contributed by atoms with E-state index in [2.05, 4.69) is 9.80 Å². The van der Waals surface area contributed by atoms with Gasteiger partial charge in [0.1, 0.15) is 0 Å². The molecule has 0 spiro atoms. The number of unbranched alkanes of at least 4 members (excludes halogenated alkanes) is 1. The average Bonchev–Trinajstić information content (AvgIpc) is 3.97. The van der Waals surface area contributed by atoms with E-state index in [1.165, 1.54) is 0 Å². The van der Waals surface area contributed by atoms with Crippen LogP contribution in [0.1, 0.15) is 82.2 Å². The molecule has 282 valence electrons. The van der Waals surface area contributed by atoms with Crippen molar-refractivity contribution in [1.82, 2.24) is 9.80 Å². The highest BCUT2D eigenvalue weighted by Crippen LogP contribution is 2.51. The zero-order valence-electron chi connectivity index (χ0n) is 29.9. The summed E-state index contributed by atoms with van der Waals surface area (Å²) in [5.41, 5.74) is 4.78. The van der Waals surface area contributed by atoms with Gasteiger partial charge in [0.05, 0.1) is 11.1 Å². The second kappa shape index (κ2) is 12.8. The van der Waals surface area contributed by atoms with E-state index in [-0.39, 0.29) is 50.3 Å². The van der Waals surface area contributed by atoms with Gasteiger partial charge in [-0.2, -0.15) is 0 Å². The Morgan fingerprint density at radius 3 is 1.48 bits per heavy atom. The molecule has 2 aliphatic carbocycles. The first-order chi connectivity index (χ1) is 26.2. The fraction of sp³-hybridized carbons (Fsp3) is 0.500. The van der Waals surface area contributed by atoms with Gasteiger partial charge in [-0.3, -0.25) is 19.4 Å². The van der Waals surface area contributed by atoms with Gasteiger partial charge in [0.2, 0.25) is 13.6 Å². The standard InChI is InChI=1S/C40H40N2O12/c1-41-9-7-19-11-29(37-33(35(19)41)21-13-25-27(49-17-47-25)15-23(21)39(45)53-37)51-31(43)5-3-4-6-32(44)52-30-12-20-8-10-42(2)36(20)34-22-14-26-28(50-18-48-26)16-24(22)40(46)54-38(30)34/h11-16,29-30,33-38H,3-10,17-18H2,1-2H3/t29-,30-,33-,34-,35+,36+,37+,38+/m0/s1. The summed E-state index contributed by atoms with van der Waals surface area (Å²) in [5, 5.41) is 0. The molecule has 6 heterocycles. The Labute approximate surface area is 310 Å². The number of rotatable bonds is 7. The van der Waals surface area contributed by atoms with Crippen molar-refractivity contribution >= 4 is 23.9 Å². The largest absolute Gasteiger partial charge is 0.454 e. The molecule has 0 saturated carbocycles. The van der Waals surface area contributed by atoms with E-state index in [0.29, 0.717) is 47.0 Å². The quantitative estimate of drug-likeness (QED) is 0.176. The number of likely N-dealkylation sites (N-methyl/N-ethyl adjacent to an activating group) is 2. The number of nitrogens with zero attached hydrogens (tertiary/aromatic N) is 2. The van der Waals surface area contributed by atoms with Crippen LogP contribution in [0.3, 0.4) is 0 Å². The maximum atomic E-state index is 13.2. The van der Waals surface area contributed by atoms with Crippen molar-refractivity contribution < 1.29 is 57.1 Å². The molecule has 2 fully saturated rings. The van der Waals surface area contributed by atoms with Crippen LogP contribution in [0.5, 0.6) is 23.0 Å². The minimum atomic E-state index is -0.748. The molecular formula is C40H40N2O12. The highest BCUT2D eigenvalue weighted by molar-refractivity contribution is 5.95. The summed E-state index contributed by atoms with van der Waals surface area (Å²) in [6.07, 6.45) is 3.57. The lowest BCUT2D eigenvalue weighted by molar-refractivity contribution is -0.156. The third-order valence-corrected chi connectivity index (χ3v) is 12.3. The van der Waals surface area contributed by atoms with E-state index in [4.69, 9.17) is 37.9 Å². The normalized spacial score (nSPS) is 31.1. The van der Waals surface area contributed by atoms with Gasteiger partial charge in [-0.15, -0.1) is 0 Å². The van der Waals surface area contributed by atoms with Gasteiger partial charge in [0, 0.05) is 49.9 Å². The maximum absolute atomic E-state index is 13.2. The van der Waals surface area contributed by atoms with Crippen LogP contribution in [-0.2, 0) is 28.5 Å². The minimum absolute atomic E-state index is 0.00469. The molecule has 2 aromatic carbocycles. The Hall–Kier alpha value is -5.08. The SMILES string of the molecule is CN1CCC2=C[C@H](OC(=O)CCCCC(=O)O[C@H]3C=C4CCN(C)[C@H]4[C@@H]4c5cc6c(cc5C(=O)O[C@@H]43)OCO6)[C@H]3OC(=O)c4cc5c(cc4[C@H]3[C@@H]21)OCO5. The zero-order chi connectivity index (χ0) is 36.8. The molecule has 0 unspecified atom stereocenters. The predicted molar refractivity (Wildman–Crippen MR) is 185 cm³/mol. The number of esters is 4. The summed E-state index contributed by atoms with van der Waals surface area (Å²) in [5.74, 6) is -0.169. The lowest BCUT2D eigenvalue weighted by Crippen LogP contribution is -2.52. The van der Waals surface area contributed by atoms with Gasteiger partial charge in [-0.05, 0) is 87.3 Å². The van der Waals surface area contributed by atoms with Gasteiger partial charge in [-0.25, -0.2) is 9.59 Å². The smallest absolute Gasteiger partial charge is 0.339 e. The first-order valence-electron chi connectivity index (χ1n) is 18.7. The van der Waals surface area contributed by atoms with Crippen LogP contribution in [-0.4, -0.2) is 111 Å². The van der Waals surface area contributed by atoms with E-state index < -0.39 is 48.3 Å². The molecule has 10 rings (SSSR count). The molecular weight excluding hydrogens is 700 g/mol. The molecule has 0 bridgehead atoms. The van der Waals surface area contributed by atoms with E-state index >= 15 is 0 Å². The van der Waals surface area contributed by atoms with Gasteiger partial charge in [0.25, 0.3) is 0 Å². The molecule has 0 radical (unpaired) electrons. The van der Waals surface area contributed by atoms with Crippen molar-refractivity contribution in [2.75, 3.05) is 40.8 Å². The van der Waals surface area contributed by atoms with E-state index in [1.54, 1.807) is 12.1 Å². The number of hydrogen-bond acceptors (Lipinski definition) is 14.